The first-order valence-electron chi connectivity index (χ1n) is 7.56. The van der Waals surface area contributed by atoms with Gasteiger partial charge in [0, 0.05) is 6.07 Å². The lowest BCUT2D eigenvalue weighted by Gasteiger charge is -2.15. The van der Waals surface area contributed by atoms with Crippen molar-refractivity contribution in [2.45, 2.75) is 25.7 Å². The number of rotatable bonds is 7. The third-order valence-electron chi connectivity index (χ3n) is 3.25. The van der Waals surface area contributed by atoms with E-state index in [0.717, 1.165) is 6.07 Å². The van der Waals surface area contributed by atoms with Crippen LogP contribution in [-0.4, -0.2) is 21.6 Å². The molecule has 0 amide bonds. The molecule has 2 aromatic carbocycles. The van der Waals surface area contributed by atoms with Gasteiger partial charge in [-0.1, -0.05) is 6.07 Å². The van der Waals surface area contributed by atoms with Gasteiger partial charge in [0.25, 0.3) is 10.0 Å². The molecule has 0 heterocycles. The van der Waals surface area contributed by atoms with Gasteiger partial charge in [-0.05, 0) is 50.6 Å². The molecule has 7 heteroatoms. The first kappa shape index (κ1) is 18.1. The van der Waals surface area contributed by atoms with Crippen LogP contribution in [0.1, 0.15) is 19.4 Å². The maximum Gasteiger partial charge on any atom is 0.262 e. The van der Waals surface area contributed by atoms with Gasteiger partial charge in [0.2, 0.25) is 0 Å². The Morgan fingerprint density at radius 2 is 1.75 bits per heavy atom. The van der Waals surface area contributed by atoms with Crippen molar-refractivity contribution in [2.75, 3.05) is 17.9 Å². The molecule has 0 radical (unpaired) electrons. The van der Waals surface area contributed by atoms with Crippen molar-refractivity contribution >= 4 is 15.7 Å². The van der Waals surface area contributed by atoms with Gasteiger partial charge in [0.15, 0.2) is 0 Å². The Balaban J connectivity index is 2.44. The van der Waals surface area contributed by atoms with E-state index in [-0.39, 0.29) is 10.6 Å². The van der Waals surface area contributed by atoms with Crippen molar-refractivity contribution in [2.24, 2.45) is 0 Å². The van der Waals surface area contributed by atoms with Gasteiger partial charge in [0.05, 0.1) is 23.8 Å². The van der Waals surface area contributed by atoms with E-state index in [4.69, 9.17) is 9.47 Å². The predicted octanol–water partition coefficient (Wildman–Crippen LogP) is 3.73. The first-order valence-corrected chi connectivity index (χ1v) is 9.04. The first-order chi connectivity index (χ1) is 11.4. The third-order valence-corrected chi connectivity index (χ3v) is 4.75. The fraction of sp³-hybridized carbons (Fsp3) is 0.294. The Morgan fingerprint density at radius 3 is 2.42 bits per heavy atom. The molecule has 0 aromatic heterocycles. The van der Waals surface area contributed by atoms with E-state index in [1.54, 1.807) is 32.0 Å². The van der Waals surface area contributed by atoms with Crippen LogP contribution in [0.2, 0.25) is 0 Å². The van der Waals surface area contributed by atoms with Gasteiger partial charge in [0.1, 0.15) is 17.3 Å². The van der Waals surface area contributed by atoms with Gasteiger partial charge in [-0.15, -0.1) is 0 Å². The zero-order valence-corrected chi connectivity index (χ0v) is 14.6. The number of aryl methyl sites for hydroxylation is 1. The van der Waals surface area contributed by atoms with Crippen LogP contribution in [0.25, 0.3) is 0 Å². The molecule has 0 spiro atoms. The summed E-state index contributed by atoms with van der Waals surface area (Å²) >= 11 is 0. The minimum atomic E-state index is -3.96. The number of halogens is 1. The zero-order chi connectivity index (χ0) is 17.7. The maximum atomic E-state index is 13.4. The monoisotopic (exact) mass is 353 g/mol. The predicted molar refractivity (Wildman–Crippen MR) is 90.7 cm³/mol. The number of hydrogen-bond acceptors (Lipinski definition) is 4. The number of sulfonamides is 1. The van der Waals surface area contributed by atoms with Crippen molar-refractivity contribution in [3.05, 3.63) is 47.8 Å². The standard InChI is InChI=1S/C17H20FNO4S/c1-4-22-14-8-9-16(23-5-2)15(11-14)19-24(20,21)17-10-13(18)7-6-12(17)3/h6-11,19H,4-5H2,1-3H3. The van der Waals surface area contributed by atoms with Crippen molar-refractivity contribution in [3.8, 4) is 11.5 Å². The van der Waals surface area contributed by atoms with Gasteiger partial charge in [-0.3, -0.25) is 4.72 Å². The van der Waals surface area contributed by atoms with Crippen molar-refractivity contribution in [1.82, 2.24) is 0 Å². The summed E-state index contributed by atoms with van der Waals surface area (Å²) < 4.78 is 52.0. The summed E-state index contributed by atoms with van der Waals surface area (Å²) in [7, 11) is -3.96. The van der Waals surface area contributed by atoms with E-state index >= 15 is 0 Å². The normalized spacial score (nSPS) is 11.2. The highest BCUT2D eigenvalue weighted by Gasteiger charge is 2.20. The van der Waals surface area contributed by atoms with Gasteiger partial charge in [-0.2, -0.15) is 0 Å². The van der Waals surface area contributed by atoms with Gasteiger partial charge >= 0.3 is 0 Å². The molecular formula is C17H20FNO4S. The molecule has 0 bridgehead atoms. The van der Waals surface area contributed by atoms with Gasteiger partial charge < -0.3 is 9.47 Å². The molecule has 0 unspecified atom stereocenters. The van der Waals surface area contributed by atoms with Crippen molar-refractivity contribution < 1.29 is 22.3 Å². The molecule has 5 nitrogen and oxygen atoms in total. The van der Waals surface area contributed by atoms with E-state index in [2.05, 4.69) is 4.72 Å². The Labute approximate surface area is 141 Å². The largest absolute Gasteiger partial charge is 0.494 e. The lowest BCUT2D eigenvalue weighted by atomic mass is 10.2. The van der Waals surface area contributed by atoms with Crippen LogP contribution in [0, 0.1) is 12.7 Å². The summed E-state index contributed by atoms with van der Waals surface area (Å²) in [5, 5.41) is 0. The minimum Gasteiger partial charge on any atom is -0.494 e. The second kappa shape index (κ2) is 7.53. The fourth-order valence-corrected chi connectivity index (χ4v) is 3.51. The smallest absolute Gasteiger partial charge is 0.262 e. The average Bonchev–Trinajstić information content (AvgIpc) is 2.52. The number of ether oxygens (including phenoxy) is 2. The lowest BCUT2D eigenvalue weighted by Crippen LogP contribution is -2.15. The molecule has 0 fully saturated rings. The number of benzene rings is 2. The average molecular weight is 353 g/mol. The molecule has 24 heavy (non-hydrogen) atoms. The van der Waals surface area contributed by atoms with Crippen LogP contribution in [0.15, 0.2) is 41.3 Å². The summed E-state index contributed by atoms with van der Waals surface area (Å²) in [6.07, 6.45) is 0. The Kier molecular flexibility index (Phi) is 5.66. The molecule has 130 valence electrons. The molecular weight excluding hydrogens is 333 g/mol. The molecule has 2 rings (SSSR count). The maximum absolute atomic E-state index is 13.4. The fourth-order valence-electron chi connectivity index (χ4n) is 2.19. The van der Waals surface area contributed by atoms with Crippen molar-refractivity contribution in [1.29, 1.82) is 0 Å². The van der Waals surface area contributed by atoms with Crippen LogP contribution in [0.4, 0.5) is 10.1 Å². The molecule has 1 N–H and O–H groups in total. The molecule has 0 aliphatic heterocycles. The van der Waals surface area contributed by atoms with Crippen molar-refractivity contribution in [3.63, 3.8) is 0 Å². The quantitative estimate of drug-likeness (QED) is 0.824. The summed E-state index contributed by atoms with van der Waals surface area (Å²) in [5.74, 6) is 0.266. The summed E-state index contributed by atoms with van der Waals surface area (Å²) in [4.78, 5) is -0.119. The number of anilines is 1. The Morgan fingerprint density at radius 1 is 1.04 bits per heavy atom. The Bertz CT molecular complexity index is 821. The number of nitrogens with one attached hydrogen (secondary N) is 1. The van der Waals surface area contributed by atoms with E-state index < -0.39 is 15.8 Å². The highest BCUT2D eigenvalue weighted by Crippen LogP contribution is 2.32. The zero-order valence-electron chi connectivity index (χ0n) is 13.8. The van der Waals surface area contributed by atoms with Crippen LogP contribution >= 0.6 is 0 Å². The van der Waals surface area contributed by atoms with Crippen LogP contribution in [0.5, 0.6) is 11.5 Å². The van der Waals surface area contributed by atoms with E-state index in [9.17, 15) is 12.8 Å². The lowest BCUT2D eigenvalue weighted by molar-refractivity contribution is 0.332. The van der Waals surface area contributed by atoms with E-state index in [1.807, 2.05) is 6.92 Å². The molecule has 0 atom stereocenters. The summed E-state index contributed by atoms with van der Waals surface area (Å²) in [5.41, 5.74) is 0.689. The SMILES string of the molecule is CCOc1ccc(OCC)c(NS(=O)(=O)c2cc(F)ccc2C)c1. The Hall–Kier alpha value is -2.28. The molecule has 0 aliphatic carbocycles. The second-order valence-electron chi connectivity index (χ2n) is 5.04. The molecule has 0 saturated carbocycles. The van der Waals surface area contributed by atoms with Crippen LogP contribution < -0.4 is 14.2 Å². The topological polar surface area (TPSA) is 64.6 Å². The minimum absolute atomic E-state index is 0.119. The van der Waals surface area contributed by atoms with E-state index in [0.29, 0.717) is 30.3 Å². The summed E-state index contributed by atoms with van der Waals surface area (Å²) in [6, 6.07) is 8.50. The molecule has 0 aliphatic rings. The second-order valence-corrected chi connectivity index (χ2v) is 6.69. The highest BCUT2D eigenvalue weighted by atomic mass is 32.2. The van der Waals surface area contributed by atoms with E-state index in [1.165, 1.54) is 12.1 Å². The molecule has 2 aromatic rings. The highest BCUT2D eigenvalue weighted by molar-refractivity contribution is 7.92. The third kappa shape index (κ3) is 4.17. The van der Waals surface area contributed by atoms with Crippen LogP contribution in [0.3, 0.4) is 0 Å². The van der Waals surface area contributed by atoms with Gasteiger partial charge in [-0.25, -0.2) is 12.8 Å². The summed E-state index contributed by atoms with van der Waals surface area (Å²) in [6.45, 7) is 6.06. The van der Waals surface area contributed by atoms with Crippen LogP contribution in [-0.2, 0) is 10.0 Å². The number of hydrogen-bond donors (Lipinski definition) is 1. The molecule has 0 saturated heterocycles.